The van der Waals surface area contributed by atoms with Crippen molar-refractivity contribution in [1.82, 2.24) is 20.2 Å². The number of carbonyl (C=O) groups excluding carboxylic acids is 1. The number of amides is 1. The van der Waals surface area contributed by atoms with Gasteiger partial charge in [-0.2, -0.15) is 13.2 Å². The number of rotatable bonds is 8. The number of likely N-dealkylation sites (tertiary alicyclic amines) is 1. The fourth-order valence-corrected chi connectivity index (χ4v) is 5.02. The van der Waals surface area contributed by atoms with Gasteiger partial charge in [-0.05, 0) is 50.2 Å². The molecule has 3 aromatic rings. The number of aromatic nitrogens is 2. The van der Waals surface area contributed by atoms with Gasteiger partial charge in [-0.15, -0.1) is 11.3 Å². The lowest BCUT2D eigenvalue weighted by molar-refractivity contribution is -0.123. The number of oxime groups is 1. The Morgan fingerprint density at radius 2 is 1.97 bits per heavy atom. The molecule has 14 heteroatoms. The van der Waals surface area contributed by atoms with E-state index in [1.54, 1.807) is 18.2 Å². The predicted molar refractivity (Wildman–Crippen MR) is 130 cm³/mol. The van der Waals surface area contributed by atoms with Crippen molar-refractivity contribution < 1.29 is 32.3 Å². The van der Waals surface area contributed by atoms with Gasteiger partial charge in [-0.3, -0.25) is 9.69 Å². The Bertz CT molecular complexity index is 1340. The van der Waals surface area contributed by atoms with Crippen LogP contribution < -0.4 is 20.5 Å². The number of nitrogen functional groups attached to an aromatic ring is 1. The van der Waals surface area contributed by atoms with Crippen LogP contribution in [0.4, 0.5) is 19.1 Å². The zero-order valence-electron chi connectivity index (χ0n) is 19.5. The summed E-state index contributed by atoms with van der Waals surface area (Å²) in [5, 5.41) is 6.64. The van der Waals surface area contributed by atoms with E-state index in [0.29, 0.717) is 46.1 Å². The van der Waals surface area contributed by atoms with Gasteiger partial charge < -0.3 is 25.4 Å². The third-order valence-electron chi connectivity index (χ3n) is 5.81. The van der Waals surface area contributed by atoms with Gasteiger partial charge in [0, 0.05) is 17.5 Å². The zero-order valence-corrected chi connectivity index (χ0v) is 20.3. The fraction of sp³-hybridized carbons (Fsp3) is 0.391. The van der Waals surface area contributed by atoms with Crippen LogP contribution in [-0.2, 0) is 4.84 Å². The van der Waals surface area contributed by atoms with Crippen LogP contribution in [0.15, 0.2) is 29.4 Å². The van der Waals surface area contributed by atoms with Crippen molar-refractivity contribution >= 4 is 39.1 Å². The Hall–Kier alpha value is -3.65. The smallest absolute Gasteiger partial charge is 0.405 e. The first-order valence-corrected chi connectivity index (χ1v) is 12.3. The lowest BCUT2D eigenvalue weighted by Gasteiger charge is -2.14. The number of carbonyl (C=O) groups is 1. The van der Waals surface area contributed by atoms with Crippen LogP contribution in [0, 0.1) is 0 Å². The molecule has 2 aromatic heterocycles. The first-order chi connectivity index (χ1) is 17.8. The van der Waals surface area contributed by atoms with Crippen LogP contribution in [0.25, 0.3) is 10.2 Å². The summed E-state index contributed by atoms with van der Waals surface area (Å²) in [7, 11) is 0. The lowest BCUT2D eigenvalue weighted by atomic mass is 10.0. The van der Waals surface area contributed by atoms with E-state index >= 15 is 0 Å². The third kappa shape index (κ3) is 5.85. The highest BCUT2D eigenvalue weighted by Crippen LogP contribution is 2.35. The summed E-state index contributed by atoms with van der Waals surface area (Å²) in [5.74, 6) is 0.119. The predicted octanol–water partition coefficient (Wildman–Crippen LogP) is 3.16. The molecule has 3 N–H and O–H groups in total. The highest BCUT2D eigenvalue weighted by atomic mass is 32.1. The molecule has 37 heavy (non-hydrogen) atoms. The topological polar surface area (TPSA) is 124 Å². The minimum Gasteiger partial charge on any atom is -0.454 e. The van der Waals surface area contributed by atoms with Gasteiger partial charge in [0.2, 0.25) is 12.7 Å². The molecule has 0 saturated carbocycles. The molecule has 10 nitrogen and oxygen atoms in total. The third-order valence-corrected chi connectivity index (χ3v) is 6.83. The second kappa shape index (κ2) is 10.4. The van der Waals surface area contributed by atoms with Crippen LogP contribution in [-0.4, -0.2) is 72.2 Å². The van der Waals surface area contributed by atoms with Gasteiger partial charge in [-0.25, -0.2) is 9.97 Å². The maximum Gasteiger partial charge on any atom is 0.405 e. The van der Waals surface area contributed by atoms with Crippen molar-refractivity contribution in [3.8, 4) is 11.5 Å². The summed E-state index contributed by atoms with van der Waals surface area (Å²) < 4.78 is 48.6. The molecule has 4 heterocycles. The largest absolute Gasteiger partial charge is 0.454 e. The van der Waals surface area contributed by atoms with Crippen molar-refractivity contribution in [2.45, 2.75) is 19.0 Å². The first kappa shape index (κ1) is 25.0. The van der Waals surface area contributed by atoms with E-state index in [1.165, 1.54) is 6.07 Å². The number of hydrogen-bond donors (Lipinski definition) is 2. The summed E-state index contributed by atoms with van der Waals surface area (Å²) in [4.78, 5) is 29.2. The van der Waals surface area contributed by atoms with Gasteiger partial charge in [0.1, 0.15) is 29.4 Å². The Balaban J connectivity index is 1.49. The number of anilines is 1. The van der Waals surface area contributed by atoms with Crippen LogP contribution >= 0.6 is 11.3 Å². The van der Waals surface area contributed by atoms with Crippen LogP contribution in [0.2, 0.25) is 0 Å². The van der Waals surface area contributed by atoms with Crippen LogP contribution in [0.5, 0.6) is 11.5 Å². The molecule has 0 bridgehead atoms. The molecule has 0 unspecified atom stereocenters. The molecule has 1 fully saturated rings. The number of benzene rings is 1. The SMILES string of the molecule is Nc1nc(/C(=N/OCCN2CCCC2)c2ccc3c(c2)OCO3)c2cc(C(=O)NCC(F)(F)F)sc2n1. The number of ether oxygens (including phenoxy) is 2. The highest BCUT2D eigenvalue weighted by Gasteiger charge is 2.29. The molecule has 0 radical (unpaired) electrons. The fourth-order valence-electron chi connectivity index (χ4n) is 4.06. The Labute approximate surface area is 213 Å². The number of halogens is 3. The van der Waals surface area contributed by atoms with Crippen LogP contribution in [0.1, 0.15) is 33.8 Å². The van der Waals surface area contributed by atoms with Crippen molar-refractivity contribution in [2.24, 2.45) is 5.16 Å². The second-order valence-corrected chi connectivity index (χ2v) is 9.48. The summed E-state index contributed by atoms with van der Waals surface area (Å²) in [5.41, 5.74) is 7.12. The normalized spacial score (nSPS) is 15.9. The van der Waals surface area contributed by atoms with Crippen molar-refractivity contribution in [1.29, 1.82) is 0 Å². The number of nitrogens with zero attached hydrogens (tertiary/aromatic N) is 4. The molecule has 0 atom stereocenters. The van der Waals surface area contributed by atoms with Gasteiger partial charge >= 0.3 is 6.18 Å². The molecule has 1 saturated heterocycles. The average Bonchev–Trinajstić information content (AvgIpc) is 3.61. The summed E-state index contributed by atoms with van der Waals surface area (Å²) >= 11 is 0.904. The highest BCUT2D eigenvalue weighted by molar-refractivity contribution is 7.20. The van der Waals surface area contributed by atoms with Gasteiger partial charge in [-0.1, -0.05) is 5.16 Å². The lowest BCUT2D eigenvalue weighted by Crippen LogP contribution is -2.33. The van der Waals surface area contributed by atoms with E-state index in [1.807, 2.05) is 5.32 Å². The van der Waals surface area contributed by atoms with E-state index in [-0.39, 0.29) is 23.3 Å². The molecule has 196 valence electrons. The summed E-state index contributed by atoms with van der Waals surface area (Å²) in [6, 6.07) is 6.62. The number of hydrogen-bond acceptors (Lipinski definition) is 10. The molecule has 1 amide bonds. The van der Waals surface area contributed by atoms with E-state index in [2.05, 4.69) is 20.0 Å². The molecule has 2 aliphatic heterocycles. The maximum atomic E-state index is 12.6. The molecule has 0 spiro atoms. The summed E-state index contributed by atoms with van der Waals surface area (Å²) in [6.45, 7) is 1.71. The number of thiophene rings is 1. The van der Waals surface area contributed by atoms with Crippen LogP contribution in [0.3, 0.4) is 0 Å². The average molecular weight is 537 g/mol. The van der Waals surface area contributed by atoms with E-state index in [4.69, 9.17) is 20.0 Å². The van der Waals surface area contributed by atoms with E-state index in [9.17, 15) is 18.0 Å². The van der Waals surface area contributed by atoms with Crippen molar-refractivity contribution in [2.75, 3.05) is 45.3 Å². The Morgan fingerprint density at radius 1 is 1.19 bits per heavy atom. The van der Waals surface area contributed by atoms with Crippen molar-refractivity contribution in [3.63, 3.8) is 0 Å². The number of alkyl halides is 3. The van der Waals surface area contributed by atoms with Gasteiger partial charge in [0.15, 0.2) is 11.5 Å². The Kier molecular flexibility index (Phi) is 7.02. The van der Waals surface area contributed by atoms with E-state index < -0.39 is 18.6 Å². The standard InChI is InChI=1S/C23H23F3N6O4S/c24-23(25,26)11-28-20(33)17-10-14-19(29-22(27)30-21(14)37-17)18(31-36-8-7-32-5-1-2-6-32)13-3-4-15-16(9-13)35-12-34-15/h3-4,9-10H,1-2,5-8,11-12H2,(H,28,33)(H2,27,29,30)/b31-18+. The Morgan fingerprint density at radius 3 is 2.76 bits per heavy atom. The number of fused-ring (bicyclic) bond motifs is 2. The molecule has 0 aliphatic carbocycles. The zero-order chi connectivity index (χ0) is 26.0. The minimum atomic E-state index is -4.53. The van der Waals surface area contributed by atoms with Crippen molar-refractivity contribution in [3.05, 3.63) is 40.4 Å². The number of nitrogens with two attached hydrogens (primary N) is 1. The first-order valence-electron chi connectivity index (χ1n) is 11.5. The maximum absolute atomic E-state index is 12.6. The van der Waals surface area contributed by atoms with Gasteiger partial charge in [0.05, 0.1) is 4.88 Å². The molecular weight excluding hydrogens is 513 g/mol. The molecular formula is C23H23F3N6O4S. The summed E-state index contributed by atoms with van der Waals surface area (Å²) in [6.07, 6.45) is -2.23. The number of nitrogens with one attached hydrogen (secondary N) is 1. The van der Waals surface area contributed by atoms with E-state index in [0.717, 1.165) is 37.3 Å². The monoisotopic (exact) mass is 536 g/mol. The molecule has 5 rings (SSSR count). The molecule has 1 aromatic carbocycles. The molecule has 2 aliphatic rings. The minimum absolute atomic E-state index is 0.0281. The van der Waals surface area contributed by atoms with Gasteiger partial charge in [0.25, 0.3) is 5.91 Å². The quantitative estimate of drug-likeness (QED) is 0.256. The second-order valence-electron chi connectivity index (χ2n) is 8.45.